The highest BCUT2D eigenvalue weighted by Crippen LogP contribution is 2.37. The number of carboxylic acid groups (broad SMARTS) is 1. The quantitative estimate of drug-likeness (QED) is 0.190. The number of hydrogen-bond donors (Lipinski definition) is 3. The van der Waals surface area contributed by atoms with Crippen LogP contribution < -0.4 is 15.5 Å². The summed E-state index contributed by atoms with van der Waals surface area (Å²) in [5, 5.41) is 19.4. The molecular weight excluding hydrogens is 793 g/mol. The Kier molecular flexibility index (Phi) is 11.8. The van der Waals surface area contributed by atoms with E-state index in [1.807, 2.05) is 19.0 Å². The Balaban J connectivity index is 0.958. The highest BCUT2D eigenvalue weighted by atomic mass is 35.5. The number of amides is 3. The van der Waals surface area contributed by atoms with Crippen LogP contribution in [0.4, 0.5) is 24.5 Å². The van der Waals surface area contributed by atoms with Gasteiger partial charge in [0.1, 0.15) is 0 Å². The highest BCUT2D eigenvalue weighted by Gasteiger charge is 2.42. The maximum absolute atomic E-state index is 14.2. The van der Waals surface area contributed by atoms with E-state index in [4.69, 9.17) is 11.6 Å². The molecule has 0 bridgehead atoms. The number of carbonyl (C=O) groups excluding carboxylic acids is 3. The fourth-order valence-electron chi connectivity index (χ4n) is 8.27. The van der Waals surface area contributed by atoms with Crippen LogP contribution >= 0.6 is 11.6 Å². The number of alkyl halides is 3. The summed E-state index contributed by atoms with van der Waals surface area (Å²) in [7, 11) is 5.13. The summed E-state index contributed by atoms with van der Waals surface area (Å²) in [6.45, 7) is 5.29. The van der Waals surface area contributed by atoms with Gasteiger partial charge in [-0.1, -0.05) is 11.6 Å². The van der Waals surface area contributed by atoms with E-state index in [9.17, 15) is 37.5 Å². The Bertz CT molecular complexity index is 2220. The molecule has 3 amide bonds. The van der Waals surface area contributed by atoms with E-state index in [0.29, 0.717) is 68.2 Å². The van der Waals surface area contributed by atoms with Gasteiger partial charge in [0.15, 0.2) is 18.1 Å². The van der Waals surface area contributed by atoms with Crippen molar-refractivity contribution in [2.75, 3.05) is 89.8 Å². The van der Waals surface area contributed by atoms with Gasteiger partial charge >= 0.3 is 12.1 Å². The van der Waals surface area contributed by atoms with E-state index in [-0.39, 0.29) is 57.6 Å². The maximum Gasteiger partial charge on any atom is 0.435 e. The predicted molar refractivity (Wildman–Crippen MR) is 213 cm³/mol. The van der Waals surface area contributed by atoms with Crippen LogP contribution in [0.3, 0.4) is 0 Å². The number of piperidine rings is 1. The molecule has 314 valence electrons. The average molecular weight is 840 g/mol. The molecule has 0 aliphatic carbocycles. The lowest BCUT2D eigenvalue weighted by Crippen LogP contribution is -2.62. The van der Waals surface area contributed by atoms with Crippen LogP contribution in [0.5, 0.6) is 0 Å². The van der Waals surface area contributed by atoms with Crippen molar-refractivity contribution in [3.05, 3.63) is 77.0 Å². The van der Waals surface area contributed by atoms with Gasteiger partial charge in [-0.3, -0.25) is 14.4 Å². The zero-order valence-electron chi connectivity index (χ0n) is 33.0. The first-order chi connectivity index (χ1) is 28.0. The van der Waals surface area contributed by atoms with E-state index in [1.54, 1.807) is 34.1 Å². The molecule has 3 fully saturated rings. The standard InChI is InChI=1S/C40H46ClF3N10O5/c1-49(2)28-5-7-29(8-6-28)53-22-31(35(48-53)40(42,43)44)33-21-46-36(50(33)3)37(57)47-27-4-9-30(32(41)18-27)39(59)52-14-12-51(13-15-52)38(58)26-10-16-54(17-11-26,24-34(55)56)23-25-19-45-20-25/h4-9,18,21-22,25-26,45H,10-17,19-20,23-24H2,1-3H3,(H-,47,55,56,57,59)/p+1. The van der Waals surface area contributed by atoms with Gasteiger partial charge < -0.3 is 39.5 Å². The number of aliphatic carboxylic acids is 1. The Labute approximate surface area is 343 Å². The van der Waals surface area contributed by atoms with Crippen LogP contribution in [0, 0.1) is 11.8 Å². The summed E-state index contributed by atoms with van der Waals surface area (Å²) in [5.74, 6) is -1.72. The average Bonchev–Trinajstić information content (AvgIpc) is 3.80. The topological polar surface area (TPSA) is 158 Å². The number of piperazine rings is 1. The van der Waals surface area contributed by atoms with Crippen molar-refractivity contribution >= 4 is 46.7 Å². The third-order valence-corrected chi connectivity index (χ3v) is 12.0. The molecule has 3 N–H and O–H groups in total. The third-order valence-electron chi connectivity index (χ3n) is 11.7. The molecule has 0 unspecified atom stereocenters. The number of carbonyl (C=O) groups is 4. The van der Waals surface area contributed by atoms with E-state index in [0.717, 1.165) is 30.0 Å². The summed E-state index contributed by atoms with van der Waals surface area (Å²) in [6.07, 6.45) is -1.11. The molecule has 2 aromatic carbocycles. The van der Waals surface area contributed by atoms with Crippen molar-refractivity contribution < 1.29 is 41.9 Å². The molecule has 7 rings (SSSR count). The number of likely N-dealkylation sites (tertiary alicyclic amines) is 1. The second kappa shape index (κ2) is 16.7. The number of nitrogens with one attached hydrogen (secondary N) is 2. The van der Waals surface area contributed by atoms with Crippen molar-refractivity contribution in [2.45, 2.75) is 19.0 Å². The Morgan fingerprint density at radius 3 is 2.24 bits per heavy atom. The van der Waals surface area contributed by atoms with E-state index >= 15 is 0 Å². The fourth-order valence-corrected chi connectivity index (χ4v) is 8.53. The van der Waals surface area contributed by atoms with Crippen molar-refractivity contribution in [3.8, 4) is 16.9 Å². The van der Waals surface area contributed by atoms with Gasteiger partial charge in [-0.15, -0.1) is 0 Å². The minimum atomic E-state index is -4.79. The number of rotatable bonds is 11. The lowest BCUT2D eigenvalue weighted by molar-refractivity contribution is -0.929. The number of anilines is 2. The molecule has 3 aliphatic heterocycles. The third kappa shape index (κ3) is 8.94. The largest absolute Gasteiger partial charge is 0.477 e. The first-order valence-electron chi connectivity index (χ1n) is 19.5. The molecule has 3 saturated heterocycles. The minimum absolute atomic E-state index is 0.0207. The van der Waals surface area contributed by atoms with Gasteiger partial charge in [0.05, 0.1) is 53.4 Å². The second-order valence-electron chi connectivity index (χ2n) is 15.9. The van der Waals surface area contributed by atoms with Gasteiger partial charge in [-0.05, 0) is 42.5 Å². The maximum atomic E-state index is 14.2. The van der Waals surface area contributed by atoms with Gasteiger partial charge in [0.2, 0.25) is 5.91 Å². The van der Waals surface area contributed by atoms with E-state index in [2.05, 4.69) is 20.7 Å². The first-order valence-corrected chi connectivity index (χ1v) is 19.8. The van der Waals surface area contributed by atoms with Gasteiger partial charge in [0.25, 0.3) is 11.8 Å². The van der Waals surface area contributed by atoms with Crippen LogP contribution in [-0.2, 0) is 22.8 Å². The monoisotopic (exact) mass is 839 g/mol. The molecule has 0 spiro atoms. The molecule has 4 aromatic rings. The first kappa shape index (κ1) is 41.7. The number of quaternary nitrogens is 1. The van der Waals surface area contributed by atoms with E-state index < -0.39 is 23.7 Å². The van der Waals surface area contributed by atoms with Crippen molar-refractivity contribution in [1.29, 1.82) is 0 Å². The van der Waals surface area contributed by atoms with Crippen LogP contribution in [-0.4, -0.2) is 142 Å². The van der Waals surface area contributed by atoms with Crippen molar-refractivity contribution in [1.82, 2.24) is 34.4 Å². The van der Waals surface area contributed by atoms with Crippen LogP contribution in [0.1, 0.15) is 39.5 Å². The van der Waals surface area contributed by atoms with Gasteiger partial charge in [-0.2, -0.15) is 18.3 Å². The molecule has 0 radical (unpaired) electrons. The van der Waals surface area contributed by atoms with E-state index in [1.165, 1.54) is 42.2 Å². The molecule has 2 aromatic heterocycles. The molecule has 3 aliphatic rings. The summed E-state index contributed by atoms with van der Waals surface area (Å²) < 4.78 is 45.5. The summed E-state index contributed by atoms with van der Waals surface area (Å²) in [4.78, 5) is 61.5. The molecule has 5 heterocycles. The molecule has 0 atom stereocenters. The lowest BCUT2D eigenvalue weighted by Gasteiger charge is -2.46. The predicted octanol–water partition coefficient (Wildman–Crippen LogP) is 4.08. The zero-order valence-corrected chi connectivity index (χ0v) is 33.8. The van der Waals surface area contributed by atoms with Crippen LogP contribution in [0.2, 0.25) is 5.02 Å². The molecule has 59 heavy (non-hydrogen) atoms. The Morgan fingerprint density at radius 1 is 1.00 bits per heavy atom. The number of halogens is 4. The number of aromatic nitrogens is 4. The fraction of sp³-hybridized carbons (Fsp3) is 0.450. The number of nitrogens with zero attached hydrogens (tertiary/aromatic N) is 8. The number of imidazole rings is 1. The highest BCUT2D eigenvalue weighted by molar-refractivity contribution is 6.34. The lowest BCUT2D eigenvalue weighted by atomic mass is 9.90. The normalized spacial score (nSPS) is 19.9. The summed E-state index contributed by atoms with van der Waals surface area (Å²) in [6, 6.07) is 11.2. The van der Waals surface area contributed by atoms with Gasteiger partial charge in [-0.25, -0.2) is 14.5 Å². The van der Waals surface area contributed by atoms with Crippen LogP contribution in [0.25, 0.3) is 16.9 Å². The summed E-state index contributed by atoms with van der Waals surface area (Å²) >= 11 is 6.56. The number of carboxylic acids is 1. The molecule has 19 heteroatoms. The van der Waals surface area contributed by atoms with Crippen LogP contribution in [0.15, 0.2) is 54.9 Å². The molecule has 15 nitrogen and oxygen atoms in total. The SMILES string of the molecule is CN(C)c1ccc(-n2cc(-c3cnc(C(=O)Nc4ccc(C(=O)N5CCN(C(=O)C6CC[N+](CC(=O)O)(CC7CNC7)CC6)CC5)c(Cl)c4)n3C)c(C(F)(F)F)n2)cc1. The summed E-state index contributed by atoms with van der Waals surface area (Å²) in [5.41, 5.74) is 0.352. The number of benzene rings is 2. The van der Waals surface area contributed by atoms with Crippen molar-refractivity contribution in [2.24, 2.45) is 18.9 Å². The van der Waals surface area contributed by atoms with Crippen molar-refractivity contribution in [3.63, 3.8) is 0 Å². The Hall–Kier alpha value is -5.46. The van der Waals surface area contributed by atoms with Gasteiger partial charge in [0, 0.05) is 103 Å². The molecular formula is C40H47ClF3N10O5+. The second-order valence-corrected chi connectivity index (χ2v) is 16.3. The zero-order chi connectivity index (χ0) is 42.2. The smallest absolute Gasteiger partial charge is 0.435 e. The molecule has 0 saturated carbocycles. The Morgan fingerprint density at radius 2 is 1.66 bits per heavy atom. The minimum Gasteiger partial charge on any atom is -0.477 e. The number of hydrogen-bond acceptors (Lipinski definition) is 8.